The molecule has 0 aliphatic heterocycles. The van der Waals surface area contributed by atoms with Crippen LogP contribution in [-0.2, 0) is 6.54 Å². The fraction of sp³-hybridized carbons (Fsp3) is 0.0870. The topological polar surface area (TPSA) is 83.1 Å². The van der Waals surface area contributed by atoms with Gasteiger partial charge in [0.15, 0.2) is 0 Å². The number of aromatic nitrogens is 1. The molecular weight excluding hydrogens is 455 g/mol. The number of ketones is 1. The van der Waals surface area contributed by atoms with Crippen molar-refractivity contribution in [3.63, 3.8) is 0 Å². The molecule has 0 atom stereocenters. The van der Waals surface area contributed by atoms with Crippen LogP contribution in [0.3, 0.4) is 0 Å². The van der Waals surface area contributed by atoms with E-state index >= 15 is 0 Å². The summed E-state index contributed by atoms with van der Waals surface area (Å²) in [6, 6.07) is 16.0. The van der Waals surface area contributed by atoms with Crippen LogP contribution in [0.15, 0.2) is 53.3 Å². The van der Waals surface area contributed by atoms with Crippen molar-refractivity contribution >= 4 is 50.4 Å². The third-order valence-electron chi connectivity index (χ3n) is 5.05. The van der Waals surface area contributed by atoms with E-state index < -0.39 is 17.2 Å². The predicted octanol–water partition coefficient (Wildman–Crippen LogP) is 5.53. The van der Waals surface area contributed by atoms with E-state index in [0.717, 1.165) is 14.7 Å². The number of benzene rings is 2. The van der Waals surface area contributed by atoms with Gasteiger partial charge in [0.05, 0.1) is 22.0 Å². The smallest absolute Gasteiger partial charge is 0.271 e. The Hall–Kier alpha value is -3.11. The van der Waals surface area contributed by atoms with E-state index in [2.05, 4.69) is 0 Å². The summed E-state index contributed by atoms with van der Waals surface area (Å²) in [5.41, 5.74) is -0.370. The number of carbonyl (C=O) groups excluding carboxylic acids is 1. The Labute approximate surface area is 191 Å². The van der Waals surface area contributed by atoms with Gasteiger partial charge in [-0.25, -0.2) is 0 Å². The number of hydrogen-bond donors (Lipinski definition) is 1. The maximum atomic E-state index is 13.4. The van der Waals surface area contributed by atoms with E-state index in [9.17, 15) is 20.0 Å². The average molecular weight is 469 g/mol. The Kier molecular flexibility index (Phi) is 5.59. The van der Waals surface area contributed by atoms with Crippen LogP contribution in [0.4, 0.5) is 0 Å². The summed E-state index contributed by atoms with van der Waals surface area (Å²) in [6.07, 6.45) is 0. The maximum Gasteiger partial charge on any atom is 0.271 e. The van der Waals surface area contributed by atoms with Gasteiger partial charge < -0.3 is 5.11 Å². The molecule has 0 fully saturated rings. The third kappa shape index (κ3) is 3.51. The lowest BCUT2D eigenvalue weighted by atomic mass is 10.0. The Morgan fingerprint density at radius 2 is 1.84 bits per heavy atom. The van der Waals surface area contributed by atoms with Gasteiger partial charge in [-0.2, -0.15) is 5.26 Å². The minimum atomic E-state index is -0.698. The van der Waals surface area contributed by atoms with Crippen LogP contribution < -0.4 is 5.56 Å². The molecule has 1 N–H and O–H groups in total. The predicted molar refractivity (Wildman–Crippen MR) is 123 cm³/mol. The third-order valence-corrected chi connectivity index (χ3v) is 7.10. The number of halogens is 2. The molecule has 31 heavy (non-hydrogen) atoms. The first-order valence-corrected chi connectivity index (χ1v) is 10.7. The van der Waals surface area contributed by atoms with Gasteiger partial charge in [0.25, 0.3) is 5.56 Å². The normalized spacial score (nSPS) is 10.9. The molecule has 0 spiro atoms. The minimum Gasteiger partial charge on any atom is -0.494 e. The molecule has 2 aromatic heterocycles. The SMILES string of the molecule is Cc1c(C(=O)c2sc3ccccc3c2Cl)c(O)n(Cc2ccccc2Cl)c(=O)c1C#N. The maximum absolute atomic E-state index is 13.4. The molecule has 0 unspecified atom stereocenters. The molecule has 4 aromatic rings. The van der Waals surface area contributed by atoms with Crippen molar-refractivity contribution in [1.29, 1.82) is 5.26 Å². The Balaban J connectivity index is 1.94. The zero-order valence-electron chi connectivity index (χ0n) is 16.1. The summed E-state index contributed by atoms with van der Waals surface area (Å²) in [7, 11) is 0. The van der Waals surface area contributed by atoms with Crippen LogP contribution in [-0.4, -0.2) is 15.5 Å². The number of fused-ring (bicyclic) bond motifs is 1. The van der Waals surface area contributed by atoms with Crippen molar-refractivity contribution in [2.24, 2.45) is 0 Å². The molecule has 8 heteroatoms. The lowest BCUT2D eigenvalue weighted by Gasteiger charge is -2.16. The van der Waals surface area contributed by atoms with Crippen molar-refractivity contribution in [2.75, 3.05) is 0 Å². The molecule has 0 bridgehead atoms. The van der Waals surface area contributed by atoms with Crippen LogP contribution in [0, 0.1) is 18.3 Å². The molecular formula is C23H14Cl2N2O3S. The number of aromatic hydroxyl groups is 1. The van der Waals surface area contributed by atoms with Crippen molar-refractivity contribution < 1.29 is 9.90 Å². The summed E-state index contributed by atoms with van der Waals surface area (Å²) < 4.78 is 1.80. The number of rotatable bonds is 4. The largest absolute Gasteiger partial charge is 0.494 e. The first kappa shape index (κ1) is 21.1. The second-order valence-corrected chi connectivity index (χ2v) is 8.70. The average Bonchev–Trinajstić information content (AvgIpc) is 3.09. The number of hydrogen-bond acceptors (Lipinski definition) is 5. The van der Waals surface area contributed by atoms with E-state index in [1.165, 1.54) is 18.3 Å². The summed E-state index contributed by atoms with van der Waals surface area (Å²) in [6.45, 7) is 1.37. The van der Waals surface area contributed by atoms with Crippen molar-refractivity contribution in [3.8, 4) is 11.9 Å². The number of thiophene rings is 1. The Bertz CT molecular complexity index is 1460. The van der Waals surface area contributed by atoms with Gasteiger partial charge in [-0.15, -0.1) is 11.3 Å². The lowest BCUT2D eigenvalue weighted by molar-refractivity contribution is 0.103. The fourth-order valence-electron chi connectivity index (χ4n) is 3.44. The highest BCUT2D eigenvalue weighted by Crippen LogP contribution is 2.38. The van der Waals surface area contributed by atoms with Gasteiger partial charge in [0.1, 0.15) is 11.6 Å². The molecule has 2 heterocycles. The van der Waals surface area contributed by atoms with Gasteiger partial charge in [-0.1, -0.05) is 59.6 Å². The van der Waals surface area contributed by atoms with Gasteiger partial charge in [0.2, 0.25) is 11.7 Å². The Morgan fingerprint density at radius 3 is 2.52 bits per heavy atom. The number of carbonyl (C=O) groups is 1. The standard InChI is InChI=1S/C23H14Cl2N2O3S/c1-12-15(10-26)22(29)27(11-13-6-2-4-8-16(13)24)23(30)18(12)20(28)21-19(25)14-7-3-5-9-17(14)31-21/h2-9,30H,11H2,1H3. The molecule has 4 rings (SSSR count). The second-order valence-electron chi connectivity index (χ2n) is 6.86. The van der Waals surface area contributed by atoms with Gasteiger partial charge in [-0.05, 0) is 30.2 Å². The van der Waals surface area contributed by atoms with Crippen molar-refractivity contribution in [1.82, 2.24) is 4.57 Å². The molecule has 0 amide bonds. The van der Waals surface area contributed by atoms with Gasteiger partial charge >= 0.3 is 0 Å². The van der Waals surface area contributed by atoms with E-state index in [4.69, 9.17) is 23.2 Å². The highest BCUT2D eigenvalue weighted by Gasteiger charge is 2.28. The van der Waals surface area contributed by atoms with Crippen molar-refractivity contribution in [2.45, 2.75) is 13.5 Å². The summed E-state index contributed by atoms with van der Waals surface area (Å²) in [5.74, 6) is -1.08. The zero-order chi connectivity index (χ0) is 22.3. The van der Waals surface area contributed by atoms with Crippen LogP contribution in [0.2, 0.25) is 10.0 Å². The first-order chi connectivity index (χ1) is 14.8. The van der Waals surface area contributed by atoms with Gasteiger partial charge in [0, 0.05) is 15.1 Å². The molecule has 5 nitrogen and oxygen atoms in total. The zero-order valence-corrected chi connectivity index (χ0v) is 18.5. The van der Waals surface area contributed by atoms with E-state index in [1.807, 2.05) is 24.3 Å². The van der Waals surface area contributed by atoms with E-state index in [1.54, 1.807) is 30.3 Å². The van der Waals surface area contributed by atoms with Crippen LogP contribution in [0.5, 0.6) is 5.88 Å². The highest BCUT2D eigenvalue weighted by atomic mass is 35.5. The minimum absolute atomic E-state index is 0.0975. The van der Waals surface area contributed by atoms with Crippen LogP contribution in [0.25, 0.3) is 10.1 Å². The van der Waals surface area contributed by atoms with Crippen LogP contribution >= 0.6 is 34.5 Å². The number of pyridine rings is 1. The molecule has 0 aliphatic rings. The number of nitrogens with zero attached hydrogens (tertiary/aromatic N) is 2. The number of nitriles is 1. The highest BCUT2D eigenvalue weighted by molar-refractivity contribution is 7.21. The summed E-state index contributed by atoms with van der Waals surface area (Å²) in [4.78, 5) is 26.6. The molecule has 0 saturated carbocycles. The molecule has 154 valence electrons. The quantitative estimate of drug-likeness (QED) is 0.398. The van der Waals surface area contributed by atoms with Gasteiger partial charge in [-0.3, -0.25) is 14.2 Å². The second kappa shape index (κ2) is 8.20. The monoisotopic (exact) mass is 468 g/mol. The van der Waals surface area contributed by atoms with E-state index in [-0.39, 0.29) is 33.1 Å². The molecule has 0 aliphatic carbocycles. The Morgan fingerprint density at radius 1 is 1.16 bits per heavy atom. The summed E-state index contributed by atoms with van der Waals surface area (Å²) in [5, 5.41) is 21.9. The molecule has 0 saturated heterocycles. The lowest BCUT2D eigenvalue weighted by Crippen LogP contribution is -2.27. The fourth-order valence-corrected chi connectivity index (χ4v) is 5.10. The summed E-state index contributed by atoms with van der Waals surface area (Å²) >= 11 is 13.9. The van der Waals surface area contributed by atoms with E-state index in [0.29, 0.717) is 10.6 Å². The molecule has 0 radical (unpaired) electrons. The van der Waals surface area contributed by atoms with Crippen LogP contribution in [0.1, 0.15) is 31.9 Å². The first-order valence-electron chi connectivity index (χ1n) is 9.16. The van der Waals surface area contributed by atoms with Crippen molar-refractivity contribution in [3.05, 3.63) is 96.1 Å². The molecule has 2 aromatic carbocycles.